The van der Waals surface area contributed by atoms with Crippen molar-refractivity contribution in [1.82, 2.24) is 0 Å². The second-order valence-corrected chi connectivity index (χ2v) is 6.06. The molecule has 0 aliphatic heterocycles. The largest absolute Gasteiger partial charge is 0.482 e. The average molecular weight is 414 g/mol. The molecule has 0 aliphatic rings. The molecule has 2 rings (SSSR count). The van der Waals surface area contributed by atoms with Crippen LogP contribution in [0.1, 0.15) is 46.0 Å². The number of amidine groups is 1. The number of ether oxygens (including phenoxy) is 1. The van der Waals surface area contributed by atoms with E-state index in [-0.39, 0.29) is 30.2 Å². The van der Waals surface area contributed by atoms with Crippen LogP contribution in [-0.2, 0) is 9.59 Å². The molecule has 158 valence electrons. The van der Waals surface area contributed by atoms with Gasteiger partial charge in [0.2, 0.25) is 0 Å². The molecule has 0 fully saturated rings. The van der Waals surface area contributed by atoms with Crippen LogP contribution in [0.2, 0.25) is 0 Å². The SMILES string of the molecule is CC(=O)O.N=C(N)c1ccc(C(=O)CCC(=O)c2ccc(OCC(=O)O)cc2)cc1. The number of Topliss-reactive ketones (excluding diaryl/α,β-unsaturated/α-hetero) is 2. The lowest BCUT2D eigenvalue weighted by Crippen LogP contribution is -2.11. The van der Waals surface area contributed by atoms with Crippen molar-refractivity contribution in [3.63, 3.8) is 0 Å². The zero-order valence-electron chi connectivity index (χ0n) is 16.3. The first kappa shape index (κ1) is 24.0. The van der Waals surface area contributed by atoms with E-state index < -0.39 is 18.5 Å². The third kappa shape index (κ3) is 8.79. The lowest BCUT2D eigenvalue weighted by atomic mass is 10.0. The number of carboxylic acids is 2. The summed E-state index contributed by atoms with van der Waals surface area (Å²) in [4.78, 5) is 43.8. The topological polar surface area (TPSA) is 168 Å². The van der Waals surface area contributed by atoms with Gasteiger partial charge in [-0.3, -0.25) is 19.8 Å². The second kappa shape index (κ2) is 11.7. The van der Waals surface area contributed by atoms with E-state index in [1.165, 1.54) is 24.3 Å². The summed E-state index contributed by atoms with van der Waals surface area (Å²) in [5.41, 5.74) is 6.78. The fraction of sp³-hybridized carbons (Fsp3) is 0.190. The fourth-order valence-corrected chi connectivity index (χ4v) is 2.23. The molecule has 30 heavy (non-hydrogen) atoms. The van der Waals surface area contributed by atoms with Crippen molar-refractivity contribution in [1.29, 1.82) is 5.41 Å². The Hall–Kier alpha value is -4.01. The summed E-state index contributed by atoms with van der Waals surface area (Å²) in [6.07, 6.45) is 0.123. The van der Waals surface area contributed by atoms with E-state index >= 15 is 0 Å². The van der Waals surface area contributed by atoms with Gasteiger partial charge in [0.05, 0.1) is 0 Å². The lowest BCUT2D eigenvalue weighted by molar-refractivity contribution is -0.139. The Morgan fingerprint density at radius 2 is 1.20 bits per heavy atom. The number of aliphatic carboxylic acids is 2. The number of carbonyl (C=O) groups excluding carboxylic acids is 2. The Bertz CT molecular complexity index is 915. The minimum absolute atomic E-state index is 0.0582. The number of nitrogens with two attached hydrogens (primary N) is 1. The van der Waals surface area contributed by atoms with Crippen molar-refractivity contribution < 1.29 is 34.1 Å². The second-order valence-electron chi connectivity index (χ2n) is 6.06. The average Bonchev–Trinajstić information content (AvgIpc) is 2.70. The maximum absolute atomic E-state index is 12.2. The third-order valence-corrected chi connectivity index (χ3v) is 3.64. The highest BCUT2D eigenvalue weighted by molar-refractivity contribution is 6.03. The van der Waals surface area contributed by atoms with E-state index in [4.69, 9.17) is 30.9 Å². The van der Waals surface area contributed by atoms with Crippen LogP contribution in [0, 0.1) is 5.41 Å². The number of ketones is 2. The van der Waals surface area contributed by atoms with Crippen molar-refractivity contribution in [2.24, 2.45) is 5.73 Å². The highest BCUT2D eigenvalue weighted by Crippen LogP contribution is 2.15. The third-order valence-electron chi connectivity index (χ3n) is 3.64. The molecule has 5 N–H and O–H groups in total. The highest BCUT2D eigenvalue weighted by atomic mass is 16.5. The van der Waals surface area contributed by atoms with Crippen molar-refractivity contribution >= 4 is 29.3 Å². The summed E-state index contributed by atoms with van der Waals surface area (Å²) in [5.74, 6) is -2.00. The van der Waals surface area contributed by atoms with Crippen LogP contribution in [0.25, 0.3) is 0 Å². The Morgan fingerprint density at radius 1 is 0.833 bits per heavy atom. The number of nitrogen functional groups attached to an aromatic ring is 1. The van der Waals surface area contributed by atoms with E-state index in [1.807, 2.05) is 0 Å². The van der Waals surface area contributed by atoms with Crippen LogP contribution in [-0.4, -0.2) is 46.2 Å². The molecule has 2 aromatic rings. The first-order valence-corrected chi connectivity index (χ1v) is 8.75. The molecule has 0 atom stereocenters. The Kier molecular flexibility index (Phi) is 9.41. The molecule has 0 saturated heterocycles. The summed E-state index contributed by atoms with van der Waals surface area (Å²) in [5, 5.41) is 23.3. The van der Waals surface area contributed by atoms with Gasteiger partial charge < -0.3 is 20.7 Å². The van der Waals surface area contributed by atoms with Gasteiger partial charge in [-0.15, -0.1) is 0 Å². The number of hydrogen-bond acceptors (Lipinski definition) is 6. The van der Waals surface area contributed by atoms with Crippen LogP contribution < -0.4 is 10.5 Å². The van der Waals surface area contributed by atoms with Crippen LogP contribution in [0.15, 0.2) is 48.5 Å². The Morgan fingerprint density at radius 3 is 1.57 bits per heavy atom. The molecule has 0 heterocycles. The highest BCUT2D eigenvalue weighted by Gasteiger charge is 2.12. The van der Waals surface area contributed by atoms with Gasteiger partial charge in [0, 0.05) is 36.5 Å². The fourth-order valence-electron chi connectivity index (χ4n) is 2.23. The van der Waals surface area contributed by atoms with E-state index in [0.29, 0.717) is 22.4 Å². The van der Waals surface area contributed by atoms with Gasteiger partial charge in [-0.1, -0.05) is 24.3 Å². The number of carbonyl (C=O) groups is 4. The predicted molar refractivity (Wildman–Crippen MR) is 108 cm³/mol. The molecular formula is C21H22N2O7. The maximum atomic E-state index is 12.2. The van der Waals surface area contributed by atoms with Gasteiger partial charge in [-0.05, 0) is 24.3 Å². The summed E-state index contributed by atoms with van der Waals surface area (Å²) in [6.45, 7) is 0.629. The molecular weight excluding hydrogens is 392 g/mol. The minimum Gasteiger partial charge on any atom is -0.482 e. The van der Waals surface area contributed by atoms with E-state index in [9.17, 15) is 14.4 Å². The first-order valence-electron chi connectivity index (χ1n) is 8.75. The van der Waals surface area contributed by atoms with Gasteiger partial charge in [0.1, 0.15) is 11.6 Å². The molecule has 0 saturated carbocycles. The molecule has 0 unspecified atom stereocenters. The summed E-state index contributed by atoms with van der Waals surface area (Å²) in [6, 6.07) is 12.4. The monoisotopic (exact) mass is 414 g/mol. The zero-order valence-corrected chi connectivity index (χ0v) is 16.3. The van der Waals surface area contributed by atoms with Crippen LogP contribution in [0.5, 0.6) is 5.75 Å². The maximum Gasteiger partial charge on any atom is 0.341 e. The van der Waals surface area contributed by atoms with Crippen LogP contribution in [0.4, 0.5) is 0 Å². The number of carboxylic acid groups (broad SMARTS) is 2. The van der Waals surface area contributed by atoms with Crippen LogP contribution in [0.3, 0.4) is 0 Å². The quantitative estimate of drug-likeness (QED) is 0.275. The predicted octanol–water partition coefficient (Wildman–Crippen LogP) is 2.37. The van der Waals surface area contributed by atoms with Crippen molar-refractivity contribution in [2.45, 2.75) is 19.8 Å². The molecule has 0 amide bonds. The lowest BCUT2D eigenvalue weighted by Gasteiger charge is -2.05. The molecule has 9 nitrogen and oxygen atoms in total. The summed E-state index contributed by atoms with van der Waals surface area (Å²) < 4.78 is 5.00. The molecule has 0 radical (unpaired) electrons. The molecule has 0 aliphatic carbocycles. The molecule has 0 bridgehead atoms. The smallest absolute Gasteiger partial charge is 0.341 e. The molecule has 0 aromatic heterocycles. The van der Waals surface area contributed by atoms with Crippen molar-refractivity contribution in [2.75, 3.05) is 6.61 Å². The standard InChI is InChI=1S/C19H18N2O5.C2H4O2/c20-19(21)14-3-1-12(2-4-14)16(22)9-10-17(23)13-5-7-15(8-6-13)26-11-18(24)25;1-2(3)4/h1-8H,9-11H2,(H3,20,21)(H,24,25);1H3,(H,3,4). The molecule has 9 heteroatoms. The Balaban J connectivity index is 0.00000103. The number of benzene rings is 2. The summed E-state index contributed by atoms with van der Waals surface area (Å²) >= 11 is 0. The molecule has 2 aromatic carbocycles. The Labute approximate surface area is 172 Å². The van der Waals surface area contributed by atoms with E-state index in [0.717, 1.165) is 6.92 Å². The van der Waals surface area contributed by atoms with Gasteiger partial charge in [0.25, 0.3) is 5.97 Å². The van der Waals surface area contributed by atoms with Gasteiger partial charge in [-0.25, -0.2) is 4.79 Å². The molecule has 0 spiro atoms. The zero-order chi connectivity index (χ0) is 22.7. The van der Waals surface area contributed by atoms with E-state index in [1.54, 1.807) is 24.3 Å². The summed E-state index contributed by atoms with van der Waals surface area (Å²) in [7, 11) is 0. The van der Waals surface area contributed by atoms with Gasteiger partial charge >= 0.3 is 5.97 Å². The van der Waals surface area contributed by atoms with Crippen molar-refractivity contribution in [3.8, 4) is 5.75 Å². The van der Waals surface area contributed by atoms with Gasteiger partial charge in [0.15, 0.2) is 18.2 Å². The van der Waals surface area contributed by atoms with Crippen molar-refractivity contribution in [3.05, 3.63) is 65.2 Å². The number of rotatable bonds is 9. The first-order chi connectivity index (χ1) is 14.1. The van der Waals surface area contributed by atoms with E-state index in [2.05, 4.69) is 0 Å². The number of hydrogen-bond donors (Lipinski definition) is 4. The normalized spacial score (nSPS) is 9.63. The number of nitrogens with one attached hydrogen (secondary N) is 1. The minimum atomic E-state index is -1.08. The van der Waals surface area contributed by atoms with Gasteiger partial charge in [-0.2, -0.15) is 0 Å². The van der Waals surface area contributed by atoms with Crippen LogP contribution >= 0.6 is 0 Å².